The zero-order valence-corrected chi connectivity index (χ0v) is 10.4. The van der Waals surface area contributed by atoms with Crippen LogP contribution < -0.4 is 4.90 Å². The molecule has 19 heavy (non-hydrogen) atoms. The summed E-state index contributed by atoms with van der Waals surface area (Å²) in [7, 11) is 0. The summed E-state index contributed by atoms with van der Waals surface area (Å²) < 4.78 is 25.1. The van der Waals surface area contributed by atoms with Crippen LogP contribution in [-0.2, 0) is 0 Å². The van der Waals surface area contributed by atoms with Gasteiger partial charge >= 0.3 is 0 Å². The van der Waals surface area contributed by atoms with Gasteiger partial charge in [0.15, 0.2) is 5.78 Å². The maximum Gasteiger partial charge on any atom is 0.255 e. The highest BCUT2D eigenvalue weighted by Crippen LogP contribution is 2.23. The monoisotopic (exact) mass is 268 g/mol. The van der Waals surface area contributed by atoms with Crippen molar-refractivity contribution in [1.29, 1.82) is 5.26 Å². The Kier molecular flexibility index (Phi) is 5.39. The molecule has 0 bridgehead atoms. The maximum atomic E-state index is 12.5. The van der Waals surface area contributed by atoms with Crippen molar-refractivity contribution in [1.82, 2.24) is 0 Å². The topological polar surface area (TPSA) is 64.3 Å². The lowest BCUT2D eigenvalue weighted by Gasteiger charge is -2.25. The summed E-state index contributed by atoms with van der Waals surface area (Å²) in [5.41, 5.74) is 0.784. The van der Waals surface area contributed by atoms with Gasteiger partial charge in [-0.3, -0.25) is 4.79 Å². The minimum Gasteiger partial charge on any atom is -0.395 e. The molecule has 0 fully saturated rings. The Balaban J connectivity index is 3.25. The molecule has 6 heteroatoms. The molecule has 0 amide bonds. The van der Waals surface area contributed by atoms with Crippen LogP contribution in [0.25, 0.3) is 0 Å². The smallest absolute Gasteiger partial charge is 0.255 e. The third-order valence-electron chi connectivity index (χ3n) is 2.58. The van der Waals surface area contributed by atoms with Crippen LogP contribution in [0, 0.1) is 11.3 Å². The molecule has 0 radical (unpaired) electrons. The van der Waals surface area contributed by atoms with Crippen molar-refractivity contribution >= 4 is 11.5 Å². The number of aliphatic hydroxyl groups excluding tert-OH is 1. The van der Waals surface area contributed by atoms with E-state index in [9.17, 15) is 13.6 Å². The number of nitrogens with zero attached hydrogens (tertiary/aromatic N) is 2. The van der Waals surface area contributed by atoms with Crippen molar-refractivity contribution in [3.8, 4) is 6.07 Å². The molecule has 0 aromatic heterocycles. The van der Waals surface area contributed by atoms with E-state index in [0.717, 1.165) is 0 Å². The second-order valence-electron chi connectivity index (χ2n) is 3.96. The molecule has 0 aliphatic rings. The SMILES string of the molecule is CC(=O)c1ccc(C#N)cc1N(CCO)CC(F)F. The molecule has 0 atom stereocenters. The van der Waals surface area contributed by atoms with Gasteiger partial charge in [-0.15, -0.1) is 0 Å². The molecule has 0 aliphatic heterocycles. The first-order chi connectivity index (χ1) is 8.99. The van der Waals surface area contributed by atoms with E-state index >= 15 is 0 Å². The molecule has 1 aromatic carbocycles. The Hall–Kier alpha value is -2.00. The molecule has 0 saturated heterocycles. The van der Waals surface area contributed by atoms with Gasteiger partial charge in [0.25, 0.3) is 6.43 Å². The van der Waals surface area contributed by atoms with Gasteiger partial charge in [-0.25, -0.2) is 8.78 Å². The Morgan fingerprint density at radius 1 is 1.53 bits per heavy atom. The van der Waals surface area contributed by atoms with Crippen LogP contribution in [0.3, 0.4) is 0 Å². The van der Waals surface area contributed by atoms with Crippen molar-refractivity contribution in [2.75, 3.05) is 24.6 Å². The first-order valence-electron chi connectivity index (χ1n) is 5.68. The van der Waals surface area contributed by atoms with Gasteiger partial charge in [0.2, 0.25) is 0 Å². The van der Waals surface area contributed by atoms with Gasteiger partial charge in [-0.2, -0.15) is 5.26 Å². The second-order valence-corrected chi connectivity index (χ2v) is 3.96. The number of aliphatic hydroxyl groups is 1. The van der Waals surface area contributed by atoms with Crippen LogP contribution in [-0.4, -0.2) is 37.0 Å². The number of hydrogen-bond donors (Lipinski definition) is 1. The minimum atomic E-state index is -2.60. The van der Waals surface area contributed by atoms with Gasteiger partial charge in [-0.05, 0) is 25.1 Å². The fourth-order valence-corrected chi connectivity index (χ4v) is 1.76. The standard InChI is InChI=1S/C13H14F2N2O2/c1-9(19)11-3-2-10(7-16)6-12(11)17(4-5-18)8-13(14)15/h2-3,6,13,18H,4-5,8H2,1H3. The van der Waals surface area contributed by atoms with E-state index in [1.165, 1.54) is 30.0 Å². The first-order valence-corrected chi connectivity index (χ1v) is 5.68. The van der Waals surface area contributed by atoms with E-state index < -0.39 is 13.0 Å². The summed E-state index contributed by atoms with van der Waals surface area (Å²) >= 11 is 0. The Labute approximate surface area is 109 Å². The zero-order chi connectivity index (χ0) is 14.4. The summed E-state index contributed by atoms with van der Waals surface area (Å²) in [6.07, 6.45) is -2.60. The number of ketones is 1. The molecular formula is C13H14F2N2O2. The van der Waals surface area contributed by atoms with Gasteiger partial charge < -0.3 is 10.0 Å². The molecule has 0 aliphatic carbocycles. The number of halogens is 2. The molecule has 1 N–H and O–H groups in total. The number of Topliss-reactive ketones (excluding diaryl/α,β-unsaturated/α-hetero) is 1. The summed E-state index contributed by atoms with van der Waals surface area (Å²) in [5, 5.41) is 17.8. The minimum absolute atomic E-state index is 0.0283. The molecular weight excluding hydrogens is 254 g/mol. The lowest BCUT2D eigenvalue weighted by Crippen LogP contribution is -2.32. The predicted molar refractivity (Wildman–Crippen MR) is 66.5 cm³/mol. The Morgan fingerprint density at radius 2 is 2.21 bits per heavy atom. The summed E-state index contributed by atoms with van der Waals surface area (Å²) in [6.45, 7) is 0.375. The Bertz CT molecular complexity index is 498. The molecule has 0 heterocycles. The summed E-state index contributed by atoms with van der Waals surface area (Å²) in [5.74, 6) is -0.281. The van der Waals surface area contributed by atoms with E-state index in [4.69, 9.17) is 10.4 Å². The van der Waals surface area contributed by atoms with Gasteiger partial charge in [0, 0.05) is 17.8 Å². The molecule has 0 unspecified atom stereocenters. The number of carbonyl (C=O) groups excluding carboxylic acids is 1. The number of rotatable bonds is 6. The first kappa shape index (κ1) is 15.1. The third kappa shape index (κ3) is 4.00. The third-order valence-corrected chi connectivity index (χ3v) is 2.58. The Morgan fingerprint density at radius 3 is 2.68 bits per heavy atom. The molecule has 0 saturated carbocycles. The molecule has 102 valence electrons. The molecule has 1 aromatic rings. The second kappa shape index (κ2) is 6.81. The van der Waals surface area contributed by atoms with Crippen LogP contribution in [0.15, 0.2) is 18.2 Å². The van der Waals surface area contributed by atoms with E-state index in [2.05, 4.69) is 0 Å². The van der Waals surface area contributed by atoms with Crippen molar-refractivity contribution in [2.24, 2.45) is 0 Å². The lowest BCUT2D eigenvalue weighted by molar-refractivity contribution is 0.101. The molecule has 1 rings (SSSR count). The quantitative estimate of drug-likeness (QED) is 0.799. The van der Waals surface area contributed by atoms with Crippen molar-refractivity contribution in [2.45, 2.75) is 13.3 Å². The number of hydrogen-bond acceptors (Lipinski definition) is 4. The van der Waals surface area contributed by atoms with E-state index in [1.54, 1.807) is 0 Å². The maximum absolute atomic E-state index is 12.5. The highest BCUT2D eigenvalue weighted by atomic mass is 19.3. The predicted octanol–water partition coefficient (Wildman–Crippen LogP) is 1.82. The number of carbonyl (C=O) groups is 1. The van der Waals surface area contributed by atoms with Crippen LogP contribution in [0.4, 0.5) is 14.5 Å². The fourth-order valence-electron chi connectivity index (χ4n) is 1.76. The molecule has 0 spiro atoms. The van der Waals surface area contributed by atoms with E-state index in [-0.39, 0.29) is 35.7 Å². The van der Waals surface area contributed by atoms with Crippen LogP contribution in [0.2, 0.25) is 0 Å². The highest BCUT2D eigenvalue weighted by Gasteiger charge is 2.18. The average Bonchev–Trinajstić information content (AvgIpc) is 2.36. The fraction of sp³-hybridized carbons (Fsp3) is 0.385. The van der Waals surface area contributed by atoms with Crippen LogP contribution in [0.1, 0.15) is 22.8 Å². The van der Waals surface area contributed by atoms with Crippen molar-refractivity contribution in [3.05, 3.63) is 29.3 Å². The van der Waals surface area contributed by atoms with Gasteiger partial charge in [-0.1, -0.05) is 0 Å². The summed E-state index contributed by atoms with van der Waals surface area (Å²) in [4.78, 5) is 12.7. The highest BCUT2D eigenvalue weighted by molar-refractivity contribution is 6.00. The summed E-state index contributed by atoms with van der Waals surface area (Å²) in [6, 6.07) is 6.17. The number of anilines is 1. The normalized spacial score (nSPS) is 10.3. The van der Waals surface area contributed by atoms with Gasteiger partial charge in [0.1, 0.15) is 0 Å². The van der Waals surface area contributed by atoms with Crippen molar-refractivity contribution < 1.29 is 18.7 Å². The van der Waals surface area contributed by atoms with Crippen LogP contribution in [0.5, 0.6) is 0 Å². The number of nitriles is 1. The largest absolute Gasteiger partial charge is 0.395 e. The average molecular weight is 268 g/mol. The van der Waals surface area contributed by atoms with Crippen molar-refractivity contribution in [3.63, 3.8) is 0 Å². The molecule has 4 nitrogen and oxygen atoms in total. The van der Waals surface area contributed by atoms with E-state index in [1.807, 2.05) is 6.07 Å². The van der Waals surface area contributed by atoms with Gasteiger partial charge in [0.05, 0.1) is 24.8 Å². The number of benzene rings is 1. The van der Waals surface area contributed by atoms with E-state index in [0.29, 0.717) is 0 Å². The zero-order valence-electron chi connectivity index (χ0n) is 10.4. The van der Waals surface area contributed by atoms with Crippen LogP contribution >= 0.6 is 0 Å². The number of alkyl halides is 2. The lowest BCUT2D eigenvalue weighted by atomic mass is 10.1.